The highest BCUT2D eigenvalue weighted by atomic mass is 16.3. The minimum absolute atomic E-state index is 0.378. The van der Waals surface area contributed by atoms with E-state index in [-0.39, 0.29) is 0 Å². The SMILES string of the molecule is CCCn1ccnc1CC1(O)CCCC(C)(C)CC1. The Hall–Kier alpha value is -0.830. The highest BCUT2D eigenvalue weighted by molar-refractivity contribution is 5.00. The van der Waals surface area contributed by atoms with E-state index in [9.17, 15) is 5.11 Å². The van der Waals surface area contributed by atoms with Crippen LogP contribution in [0, 0.1) is 5.41 Å². The molecule has 3 heteroatoms. The van der Waals surface area contributed by atoms with E-state index in [4.69, 9.17) is 0 Å². The zero-order valence-corrected chi connectivity index (χ0v) is 12.7. The molecule has 0 amide bonds. The Bertz CT molecular complexity index is 411. The molecule has 1 heterocycles. The monoisotopic (exact) mass is 264 g/mol. The second-order valence-corrected chi connectivity index (χ2v) is 6.96. The zero-order valence-electron chi connectivity index (χ0n) is 12.7. The van der Waals surface area contributed by atoms with Crippen LogP contribution >= 0.6 is 0 Å². The van der Waals surface area contributed by atoms with Crippen molar-refractivity contribution in [3.63, 3.8) is 0 Å². The molecule has 1 saturated carbocycles. The van der Waals surface area contributed by atoms with E-state index in [2.05, 4.69) is 30.3 Å². The van der Waals surface area contributed by atoms with E-state index >= 15 is 0 Å². The predicted octanol–water partition coefficient (Wildman–Crippen LogP) is 3.56. The van der Waals surface area contributed by atoms with E-state index in [0.29, 0.717) is 11.8 Å². The fourth-order valence-electron chi connectivity index (χ4n) is 3.14. The van der Waals surface area contributed by atoms with Crippen LogP contribution in [0.15, 0.2) is 12.4 Å². The molecule has 19 heavy (non-hydrogen) atoms. The Morgan fingerprint density at radius 2 is 2.05 bits per heavy atom. The van der Waals surface area contributed by atoms with Crippen molar-refractivity contribution in [1.82, 2.24) is 9.55 Å². The average molecular weight is 264 g/mol. The molecule has 1 N–H and O–H groups in total. The number of aliphatic hydroxyl groups is 1. The Labute approximate surface area is 117 Å². The van der Waals surface area contributed by atoms with Gasteiger partial charge in [-0.1, -0.05) is 27.2 Å². The summed E-state index contributed by atoms with van der Waals surface area (Å²) in [6, 6.07) is 0. The molecule has 1 aromatic rings. The molecule has 2 rings (SSSR count). The molecule has 108 valence electrons. The third-order valence-electron chi connectivity index (χ3n) is 4.52. The maximum Gasteiger partial charge on any atom is 0.111 e. The molecule has 0 aromatic carbocycles. The van der Waals surface area contributed by atoms with Gasteiger partial charge >= 0.3 is 0 Å². The molecule has 1 atom stereocenters. The summed E-state index contributed by atoms with van der Waals surface area (Å²) in [7, 11) is 0. The minimum Gasteiger partial charge on any atom is -0.389 e. The van der Waals surface area contributed by atoms with Gasteiger partial charge in [0.25, 0.3) is 0 Å². The zero-order chi connectivity index (χ0) is 13.9. The van der Waals surface area contributed by atoms with Crippen LogP contribution in [-0.2, 0) is 13.0 Å². The topological polar surface area (TPSA) is 38.0 Å². The van der Waals surface area contributed by atoms with Crippen molar-refractivity contribution < 1.29 is 5.11 Å². The molecule has 1 fully saturated rings. The van der Waals surface area contributed by atoms with Crippen molar-refractivity contribution in [1.29, 1.82) is 0 Å². The summed E-state index contributed by atoms with van der Waals surface area (Å²) in [6.45, 7) is 7.80. The van der Waals surface area contributed by atoms with Crippen molar-refractivity contribution in [3.8, 4) is 0 Å². The van der Waals surface area contributed by atoms with Crippen molar-refractivity contribution in [2.45, 2.75) is 77.9 Å². The average Bonchev–Trinajstić information content (AvgIpc) is 2.69. The van der Waals surface area contributed by atoms with Crippen LogP contribution in [0.3, 0.4) is 0 Å². The van der Waals surface area contributed by atoms with Crippen molar-refractivity contribution in [2.24, 2.45) is 5.41 Å². The summed E-state index contributed by atoms with van der Waals surface area (Å²) in [5.74, 6) is 1.05. The molecule has 0 bridgehead atoms. The van der Waals surface area contributed by atoms with Crippen LogP contribution in [0.2, 0.25) is 0 Å². The fraction of sp³-hybridized carbons (Fsp3) is 0.812. The third kappa shape index (κ3) is 3.82. The summed E-state index contributed by atoms with van der Waals surface area (Å²) >= 11 is 0. The second kappa shape index (κ2) is 5.66. The molecule has 0 radical (unpaired) electrons. The van der Waals surface area contributed by atoms with E-state index in [1.165, 1.54) is 6.42 Å². The van der Waals surface area contributed by atoms with E-state index in [1.54, 1.807) is 0 Å². The lowest BCUT2D eigenvalue weighted by molar-refractivity contribution is 0.0200. The number of rotatable bonds is 4. The Morgan fingerprint density at radius 1 is 1.26 bits per heavy atom. The van der Waals surface area contributed by atoms with Crippen LogP contribution in [0.1, 0.15) is 65.1 Å². The third-order valence-corrected chi connectivity index (χ3v) is 4.52. The van der Waals surface area contributed by atoms with Crippen molar-refractivity contribution >= 4 is 0 Å². The summed E-state index contributed by atoms with van der Waals surface area (Å²) in [5, 5.41) is 10.9. The van der Waals surface area contributed by atoms with Gasteiger partial charge in [-0.05, 0) is 37.5 Å². The van der Waals surface area contributed by atoms with Crippen molar-refractivity contribution in [2.75, 3.05) is 0 Å². The van der Waals surface area contributed by atoms with Crippen LogP contribution in [0.4, 0.5) is 0 Å². The molecule has 1 aromatic heterocycles. The van der Waals surface area contributed by atoms with E-state index in [1.807, 2.05) is 12.4 Å². The largest absolute Gasteiger partial charge is 0.389 e. The molecular formula is C16H28N2O. The standard InChI is InChI=1S/C16H28N2O/c1-4-11-18-12-10-17-14(18)13-16(19)7-5-6-15(2,3)8-9-16/h10,12,19H,4-9,11,13H2,1-3H3. The number of hydrogen-bond acceptors (Lipinski definition) is 2. The highest BCUT2D eigenvalue weighted by Gasteiger charge is 2.34. The first kappa shape index (κ1) is 14.6. The molecule has 0 spiro atoms. The van der Waals surface area contributed by atoms with Crippen LogP contribution in [0.25, 0.3) is 0 Å². The molecule has 1 unspecified atom stereocenters. The summed E-state index contributed by atoms with van der Waals surface area (Å²) in [5.41, 5.74) is -0.173. The Balaban J connectivity index is 2.06. The van der Waals surface area contributed by atoms with Gasteiger partial charge in [-0.25, -0.2) is 4.98 Å². The lowest BCUT2D eigenvalue weighted by Gasteiger charge is -2.28. The van der Waals surface area contributed by atoms with Gasteiger partial charge in [0, 0.05) is 25.4 Å². The quantitative estimate of drug-likeness (QED) is 0.844. The number of hydrogen-bond donors (Lipinski definition) is 1. The molecule has 1 aliphatic rings. The molecule has 0 aliphatic heterocycles. The van der Waals surface area contributed by atoms with Crippen LogP contribution in [0.5, 0.6) is 0 Å². The lowest BCUT2D eigenvalue weighted by Crippen LogP contribution is -2.32. The smallest absolute Gasteiger partial charge is 0.111 e. The normalized spacial score (nSPS) is 27.2. The number of aromatic nitrogens is 2. The van der Waals surface area contributed by atoms with Crippen LogP contribution < -0.4 is 0 Å². The predicted molar refractivity (Wildman–Crippen MR) is 78.0 cm³/mol. The number of aryl methyl sites for hydroxylation is 1. The molecule has 3 nitrogen and oxygen atoms in total. The second-order valence-electron chi connectivity index (χ2n) is 6.96. The van der Waals surface area contributed by atoms with Gasteiger partial charge in [0.05, 0.1) is 5.60 Å². The lowest BCUT2D eigenvalue weighted by atomic mass is 9.83. The first-order chi connectivity index (χ1) is 8.94. The number of nitrogens with zero attached hydrogens (tertiary/aromatic N) is 2. The van der Waals surface area contributed by atoms with Gasteiger partial charge < -0.3 is 9.67 Å². The summed E-state index contributed by atoms with van der Waals surface area (Å²) in [4.78, 5) is 4.44. The first-order valence-corrected chi connectivity index (χ1v) is 7.67. The maximum atomic E-state index is 10.9. The van der Waals surface area contributed by atoms with Crippen molar-refractivity contribution in [3.05, 3.63) is 18.2 Å². The van der Waals surface area contributed by atoms with Gasteiger partial charge in [-0.2, -0.15) is 0 Å². The Morgan fingerprint density at radius 3 is 2.79 bits per heavy atom. The summed E-state index contributed by atoms with van der Waals surface area (Å²) < 4.78 is 2.19. The van der Waals surface area contributed by atoms with Gasteiger partial charge in [0.15, 0.2) is 0 Å². The van der Waals surface area contributed by atoms with Gasteiger partial charge in [-0.3, -0.25) is 0 Å². The Kier molecular flexibility index (Phi) is 4.34. The highest BCUT2D eigenvalue weighted by Crippen LogP contribution is 2.39. The van der Waals surface area contributed by atoms with Gasteiger partial charge in [0.1, 0.15) is 5.82 Å². The van der Waals surface area contributed by atoms with Crippen LogP contribution in [-0.4, -0.2) is 20.3 Å². The van der Waals surface area contributed by atoms with Gasteiger partial charge in [-0.15, -0.1) is 0 Å². The molecule has 1 aliphatic carbocycles. The number of imidazole rings is 1. The molecular weight excluding hydrogens is 236 g/mol. The van der Waals surface area contributed by atoms with Gasteiger partial charge in [0.2, 0.25) is 0 Å². The maximum absolute atomic E-state index is 10.9. The van der Waals surface area contributed by atoms with E-state index in [0.717, 1.165) is 44.5 Å². The fourth-order valence-corrected chi connectivity index (χ4v) is 3.14. The molecule has 0 saturated heterocycles. The first-order valence-electron chi connectivity index (χ1n) is 7.67. The van der Waals surface area contributed by atoms with E-state index < -0.39 is 5.60 Å². The minimum atomic E-state index is -0.551. The summed E-state index contributed by atoms with van der Waals surface area (Å²) in [6.07, 6.45) is 11.0.